The van der Waals surface area contributed by atoms with Gasteiger partial charge < -0.3 is 96.2 Å². The Morgan fingerprint density at radius 1 is 0.306 bits per heavy atom. The molecule has 8 atom stereocenters. The third kappa shape index (κ3) is 63.3. The molecule has 0 bridgehead atoms. The summed E-state index contributed by atoms with van der Waals surface area (Å²) in [6.07, 6.45) is 2.30. The number of methoxy groups -OCH3 is 3. The fraction of sp³-hybridized carbons (Fsp3) is 0.342. The minimum atomic E-state index is -0.872. The molecule has 32 heteroatoms. The van der Waals surface area contributed by atoms with Gasteiger partial charge in [-0.1, -0.05) is 149 Å². The van der Waals surface area contributed by atoms with Gasteiger partial charge in [0, 0.05) is 33.6 Å². The maximum Gasteiger partial charge on any atom is 0.508 e. The average Bonchev–Trinajstić information content (AvgIpc) is 0.902. The van der Waals surface area contributed by atoms with Crippen molar-refractivity contribution in [2.45, 2.75) is 103 Å². The Kier molecular flexibility index (Phi) is 65.4. The quantitative estimate of drug-likeness (QED) is 0.0189. The van der Waals surface area contributed by atoms with Crippen LogP contribution in [-0.4, -0.2) is 216 Å². The van der Waals surface area contributed by atoms with Gasteiger partial charge in [-0.25, -0.2) is 33.6 Å². The van der Waals surface area contributed by atoms with Crippen LogP contribution in [0.25, 0.3) is 0 Å². The van der Waals surface area contributed by atoms with Crippen molar-refractivity contribution in [3.05, 3.63) is 245 Å². The third-order valence-corrected chi connectivity index (χ3v) is 11.7. The van der Waals surface area contributed by atoms with Crippen molar-refractivity contribution >= 4 is 72.4 Å². The number of aliphatic hydroxyl groups excluding tert-OH is 4. The molecule has 0 aliphatic heterocycles. The molecule has 0 saturated carbocycles. The maximum absolute atomic E-state index is 11.9. The summed E-state index contributed by atoms with van der Waals surface area (Å²) in [7, 11) is 3.54. The van der Waals surface area contributed by atoms with Gasteiger partial charge in [0.1, 0.15) is 83.9 Å². The van der Waals surface area contributed by atoms with Crippen molar-refractivity contribution in [2.75, 3.05) is 74.2 Å². The SMILES string of the molecule is C=CC(COC(=O)OC)OC(=O)OC.C=CC(COC(=O)c1ccccc1)OC(=O)c1ccccc1.C=CC(COC(C)=O)OC(=O)CC.C=CC(COC(C)=O)OC(C)=O.C=CC(O)COC(=O)CC.C=CC(O)COC(=O)OC.C=CC(O)COC(=O)OCc1ccccc1.C=CC(O)COC(=O)c1ccccc1. The summed E-state index contributed by atoms with van der Waals surface area (Å²) in [6.45, 7) is 34.1. The highest BCUT2D eigenvalue weighted by Crippen LogP contribution is 2.09. The van der Waals surface area contributed by atoms with E-state index in [0.29, 0.717) is 29.5 Å². The number of hydrogen-bond donors (Lipinski definition) is 4. The van der Waals surface area contributed by atoms with Crippen LogP contribution in [-0.2, 0) is 106 Å². The molecule has 0 fully saturated rings. The molecule has 610 valence electrons. The number of ether oxygens (including phenoxy) is 16. The zero-order chi connectivity index (χ0) is 84.7. The van der Waals surface area contributed by atoms with Gasteiger partial charge in [0.05, 0.1) is 38.0 Å². The van der Waals surface area contributed by atoms with Gasteiger partial charge in [-0.2, -0.15) is 0 Å². The molecule has 0 aliphatic rings. The van der Waals surface area contributed by atoms with Gasteiger partial charge in [0.25, 0.3) is 0 Å². The maximum atomic E-state index is 11.9. The molecule has 0 heterocycles. The topological polar surface area (TPSA) is 433 Å². The van der Waals surface area contributed by atoms with Gasteiger partial charge in [-0.3, -0.25) is 24.0 Å². The average molecular weight is 1560 g/mol. The second-order valence-electron chi connectivity index (χ2n) is 20.5. The van der Waals surface area contributed by atoms with E-state index in [1.54, 1.807) is 86.6 Å². The van der Waals surface area contributed by atoms with Gasteiger partial charge in [-0.15, -0.1) is 26.3 Å². The zero-order valence-electron chi connectivity index (χ0n) is 63.4. The Labute approximate surface area is 645 Å². The summed E-state index contributed by atoms with van der Waals surface area (Å²) in [6, 6.07) is 35.1. The molecule has 32 nitrogen and oxygen atoms in total. The Bertz CT molecular complexity index is 3350. The number of esters is 8. The number of carbonyl (C=O) groups is 12. The molecule has 4 aromatic carbocycles. The third-order valence-electron chi connectivity index (χ3n) is 11.7. The lowest BCUT2D eigenvalue weighted by molar-refractivity contribution is -0.154. The van der Waals surface area contributed by atoms with Crippen LogP contribution in [0.15, 0.2) is 223 Å². The van der Waals surface area contributed by atoms with E-state index in [2.05, 4.69) is 100 Å². The van der Waals surface area contributed by atoms with Crippen LogP contribution in [0, 0.1) is 0 Å². The number of rotatable bonds is 35. The van der Waals surface area contributed by atoms with Gasteiger partial charge in [0.2, 0.25) is 0 Å². The largest absolute Gasteiger partial charge is 0.508 e. The first-order valence-corrected chi connectivity index (χ1v) is 33.1. The van der Waals surface area contributed by atoms with Crippen LogP contribution in [0.4, 0.5) is 19.2 Å². The zero-order valence-corrected chi connectivity index (χ0v) is 63.4. The highest BCUT2D eigenvalue weighted by molar-refractivity contribution is 5.90. The van der Waals surface area contributed by atoms with Crippen molar-refractivity contribution in [2.24, 2.45) is 0 Å². The fourth-order valence-corrected chi connectivity index (χ4v) is 5.94. The van der Waals surface area contributed by atoms with Crippen LogP contribution in [0.3, 0.4) is 0 Å². The van der Waals surface area contributed by atoms with E-state index in [-0.39, 0.29) is 71.4 Å². The van der Waals surface area contributed by atoms with Gasteiger partial charge >= 0.3 is 72.4 Å². The summed E-state index contributed by atoms with van der Waals surface area (Å²) < 4.78 is 74.2. The number of benzene rings is 4. The monoisotopic (exact) mass is 1560 g/mol. The van der Waals surface area contributed by atoms with Crippen LogP contribution in [0.1, 0.15) is 84.1 Å². The molecule has 4 rings (SSSR count). The number of hydrogen-bond acceptors (Lipinski definition) is 32. The minimum absolute atomic E-state index is 0.0101. The predicted octanol–water partition coefficient (Wildman–Crippen LogP) is 10.2. The second-order valence-corrected chi connectivity index (χ2v) is 20.5. The Morgan fingerprint density at radius 2 is 0.604 bits per heavy atom. The molecule has 0 amide bonds. The van der Waals surface area contributed by atoms with E-state index >= 15 is 0 Å². The van der Waals surface area contributed by atoms with Crippen LogP contribution >= 0.6 is 0 Å². The van der Waals surface area contributed by atoms with E-state index in [1.165, 1.54) is 90.7 Å². The molecule has 0 spiro atoms. The standard InChI is InChI=1S/C18H16O4.C12H14O4.C11H12O3.C9H14O4.C8H12O6.C8H12O4.C7H12O3.C6H10O4/c1-2-16(22-18(20)15-11-7-4-8-12-15)13-21-17(19)14-9-5-3-6-10-14;1-2-11(13)9-16-12(14)15-8-10-6-4-3-5-7-10;1-2-10(12)8-14-11(13)9-6-4-3-5-7-9;1-4-8(6-12-7(3)10)13-9(11)5-2;1-4-6(14-8(10)12-3)5-13-7(9)11-2;1-4-8(12-7(3)10)5-11-6(2)9;1-3-6(8)5-10-7(9)4-2;1-3-5(7)4-10-6(8)9-2/h2-12,16H,1,13H2;2-7,11,13H,1,8-9H2;2-7,10,12H,1,8H2;4,8H,1,5-6H2,2-3H3;4,6H,1,5H2,2-3H3;4,8H,1,5H2,2-3H3;3,6,8H,1,4-5H2,2H3;3,5,7H,1,4H2,2H3. The molecule has 111 heavy (non-hydrogen) atoms. The Morgan fingerprint density at radius 3 is 0.955 bits per heavy atom. The van der Waals surface area contributed by atoms with Crippen molar-refractivity contribution in [3.63, 3.8) is 0 Å². The van der Waals surface area contributed by atoms with E-state index in [9.17, 15) is 57.5 Å². The van der Waals surface area contributed by atoms with Crippen molar-refractivity contribution in [1.29, 1.82) is 0 Å². The highest BCUT2D eigenvalue weighted by Gasteiger charge is 2.18. The molecular weight excluding hydrogens is 1460 g/mol. The minimum Gasteiger partial charge on any atom is -0.463 e. The molecule has 4 N–H and O–H groups in total. The fourth-order valence-electron chi connectivity index (χ4n) is 5.94. The van der Waals surface area contributed by atoms with E-state index in [1.807, 2.05) is 48.5 Å². The first-order chi connectivity index (χ1) is 52.8. The van der Waals surface area contributed by atoms with Crippen molar-refractivity contribution in [1.82, 2.24) is 0 Å². The first-order valence-electron chi connectivity index (χ1n) is 33.1. The van der Waals surface area contributed by atoms with Crippen molar-refractivity contribution in [3.8, 4) is 0 Å². The molecule has 8 unspecified atom stereocenters. The van der Waals surface area contributed by atoms with Gasteiger partial charge in [0.15, 0.2) is 24.4 Å². The Hall–Kier alpha value is -12.5. The lowest BCUT2D eigenvalue weighted by atomic mass is 10.2. The second kappa shape index (κ2) is 69.2. The lowest BCUT2D eigenvalue weighted by Crippen LogP contribution is -2.23. The molecule has 4 aromatic rings. The predicted molar refractivity (Wildman–Crippen MR) is 402 cm³/mol. The van der Waals surface area contributed by atoms with Crippen LogP contribution in [0.2, 0.25) is 0 Å². The molecular formula is C79H102O32. The molecule has 0 radical (unpaired) electrons. The summed E-state index contributed by atoms with van der Waals surface area (Å²) in [5, 5.41) is 35.7. The number of carbonyl (C=O) groups excluding carboxylic acids is 12. The van der Waals surface area contributed by atoms with Crippen LogP contribution < -0.4 is 0 Å². The lowest BCUT2D eigenvalue weighted by Gasteiger charge is -2.14. The number of aliphatic hydroxyl groups is 4. The van der Waals surface area contributed by atoms with Gasteiger partial charge in [-0.05, 0) is 66.3 Å². The first kappa shape index (κ1) is 105. The van der Waals surface area contributed by atoms with Crippen LogP contribution in [0.5, 0.6) is 0 Å². The van der Waals surface area contributed by atoms with E-state index < -0.39 is 109 Å². The smallest absolute Gasteiger partial charge is 0.463 e. The Balaban J connectivity index is -0.000000598. The molecule has 0 aliphatic carbocycles. The normalized spacial score (nSPS) is 11.5. The highest BCUT2D eigenvalue weighted by atomic mass is 16.8. The molecule has 0 saturated heterocycles. The van der Waals surface area contributed by atoms with E-state index in [0.717, 1.165) is 5.56 Å². The van der Waals surface area contributed by atoms with E-state index in [4.69, 9.17) is 48.8 Å². The summed E-state index contributed by atoms with van der Waals surface area (Å²) in [5.41, 5.74) is 2.23. The summed E-state index contributed by atoms with van der Waals surface area (Å²) in [4.78, 5) is 130. The van der Waals surface area contributed by atoms with Crippen molar-refractivity contribution < 1.29 is 154 Å². The summed E-state index contributed by atoms with van der Waals surface area (Å²) in [5.74, 6) is -3.27. The summed E-state index contributed by atoms with van der Waals surface area (Å²) >= 11 is 0. The molecule has 0 aromatic heterocycles.